The van der Waals surface area contributed by atoms with E-state index in [2.05, 4.69) is 33.0 Å². The average Bonchev–Trinajstić information content (AvgIpc) is 2.64. The van der Waals surface area contributed by atoms with Crippen molar-refractivity contribution < 1.29 is 4.79 Å². The lowest BCUT2D eigenvalue weighted by Crippen LogP contribution is -2.14. The van der Waals surface area contributed by atoms with Crippen molar-refractivity contribution in [3.05, 3.63) is 83.4 Å². The molecule has 0 aliphatic rings. The number of aromatic nitrogens is 2. The third-order valence-corrected chi connectivity index (χ3v) is 3.78. The van der Waals surface area contributed by atoms with Gasteiger partial charge < -0.3 is 10.6 Å². The SMILES string of the molecule is Cc1ccc(C(=O)Nc2ccc(NCCc3ccccc3)nn2)cc1. The van der Waals surface area contributed by atoms with Crippen molar-refractivity contribution in [2.24, 2.45) is 0 Å². The summed E-state index contributed by atoms with van der Waals surface area (Å²) >= 11 is 0. The van der Waals surface area contributed by atoms with Crippen LogP contribution in [0.5, 0.6) is 0 Å². The van der Waals surface area contributed by atoms with E-state index < -0.39 is 0 Å². The van der Waals surface area contributed by atoms with Gasteiger partial charge in [0, 0.05) is 12.1 Å². The van der Waals surface area contributed by atoms with Gasteiger partial charge in [-0.05, 0) is 43.2 Å². The molecule has 0 bridgehead atoms. The van der Waals surface area contributed by atoms with E-state index in [0.717, 1.165) is 18.5 Å². The highest BCUT2D eigenvalue weighted by Crippen LogP contribution is 2.10. The Balaban J connectivity index is 1.51. The zero-order chi connectivity index (χ0) is 17.5. The summed E-state index contributed by atoms with van der Waals surface area (Å²) in [7, 11) is 0. The maximum atomic E-state index is 12.1. The fourth-order valence-electron chi connectivity index (χ4n) is 2.37. The second-order valence-electron chi connectivity index (χ2n) is 5.79. The molecule has 0 aliphatic heterocycles. The summed E-state index contributed by atoms with van der Waals surface area (Å²) in [6, 6.07) is 21.2. The van der Waals surface area contributed by atoms with Crippen LogP contribution < -0.4 is 10.6 Å². The van der Waals surface area contributed by atoms with Gasteiger partial charge in [0.05, 0.1) is 0 Å². The van der Waals surface area contributed by atoms with Gasteiger partial charge in [0.25, 0.3) is 5.91 Å². The van der Waals surface area contributed by atoms with Gasteiger partial charge in [0.1, 0.15) is 5.82 Å². The summed E-state index contributed by atoms with van der Waals surface area (Å²) in [4.78, 5) is 12.1. The molecule has 0 aliphatic carbocycles. The maximum Gasteiger partial charge on any atom is 0.256 e. The highest BCUT2D eigenvalue weighted by atomic mass is 16.1. The van der Waals surface area contributed by atoms with Crippen molar-refractivity contribution in [3.8, 4) is 0 Å². The molecule has 3 aromatic rings. The van der Waals surface area contributed by atoms with Crippen molar-refractivity contribution in [2.45, 2.75) is 13.3 Å². The number of carbonyl (C=O) groups is 1. The van der Waals surface area contributed by atoms with Gasteiger partial charge in [-0.3, -0.25) is 4.79 Å². The normalized spacial score (nSPS) is 10.3. The molecule has 0 atom stereocenters. The van der Waals surface area contributed by atoms with Crippen LogP contribution in [-0.2, 0) is 6.42 Å². The fraction of sp³-hybridized carbons (Fsp3) is 0.150. The lowest BCUT2D eigenvalue weighted by Gasteiger charge is -2.07. The molecule has 2 aromatic carbocycles. The fourth-order valence-corrected chi connectivity index (χ4v) is 2.37. The summed E-state index contributed by atoms with van der Waals surface area (Å²) in [5.41, 5.74) is 2.98. The number of amides is 1. The first-order valence-electron chi connectivity index (χ1n) is 8.20. The monoisotopic (exact) mass is 332 g/mol. The van der Waals surface area contributed by atoms with Crippen molar-refractivity contribution in [1.29, 1.82) is 0 Å². The largest absolute Gasteiger partial charge is 0.368 e. The van der Waals surface area contributed by atoms with Gasteiger partial charge >= 0.3 is 0 Å². The quantitative estimate of drug-likeness (QED) is 0.722. The van der Waals surface area contributed by atoms with Crippen LogP contribution in [0.15, 0.2) is 66.7 Å². The van der Waals surface area contributed by atoms with Crippen molar-refractivity contribution >= 4 is 17.5 Å². The molecule has 0 fully saturated rings. The number of rotatable bonds is 6. The molecular weight excluding hydrogens is 312 g/mol. The van der Waals surface area contributed by atoms with Crippen LogP contribution in [0.3, 0.4) is 0 Å². The van der Waals surface area contributed by atoms with Gasteiger partial charge in [-0.25, -0.2) is 0 Å². The molecule has 0 unspecified atom stereocenters. The molecule has 5 heteroatoms. The lowest BCUT2D eigenvalue weighted by atomic mass is 10.1. The third-order valence-electron chi connectivity index (χ3n) is 3.78. The minimum Gasteiger partial charge on any atom is -0.368 e. The van der Waals surface area contributed by atoms with E-state index >= 15 is 0 Å². The van der Waals surface area contributed by atoms with Gasteiger partial charge in [-0.1, -0.05) is 48.0 Å². The predicted molar refractivity (Wildman–Crippen MR) is 99.8 cm³/mol. The molecule has 0 radical (unpaired) electrons. The van der Waals surface area contributed by atoms with E-state index in [9.17, 15) is 4.79 Å². The van der Waals surface area contributed by atoms with Gasteiger partial charge in [-0.15, -0.1) is 10.2 Å². The predicted octanol–water partition coefficient (Wildman–Crippen LogP) is 3.69. The number of aryl methyl sites for hydroxylation is 1. The van der Waals surface area contributed by atoms with Gasteiger partial charge in [0.2, 0.25) is 0 Å². The first-order chi connectivity index (χ1) is 12.2. The highest BCUT2D eigenvalue weighted by Gasteiger charge is 2.07. The topological polar surface area (TPSA) is 66.9 Å². The molecule has 2 N–H and O–H groups in total. The molecule has 126 valence electrons. The van der Waals surface area contributed by atoms with Gasteiger partial charge in [-0.2, -0.15) is 0 Å². The molecule has 1 heterocycles. The minimum atomic E-state index is -0.195. The summed E-state index contributed by atoms with van der Waals surface area (Å²) in [6.07, 6.45) is 0.911. The number of carbonyl (C=O) groups excluding carboxylic acids is 1. The summed E-state index contributed by atoms with van der Waals surface area (Å²) in [5.74, 6) is 0.919. The van der Waals surface area contributed by atoms with Crippen LogP contribution in [0.4, 0.5) is 11.6 Å². The van der Waals surface area contributed by atoms with E-state index in [1.165, 1.54) is 5.56 Å². The first-order valence-corrected chi connectivity index (χ1v) is 8.20. The number of anilines is 2. The number of hydrogen-bond acceptors (Lipinski definition) is 4. The molecule has 0 saturated carbocycles. The number of benzene rings is 2. The molecular formula is C20H20N4O. The van der Waals surface area contributed by atoms with Crippen LogP contribution >= 0.6 is 0 Å². The summed E-state index contributed by atoms with van der Waals surface area (Å²) in [6.45, 7) is 2.75. The Morgan fingerprint density at radius 2 is 1.56 bits per heavy atom. The van der Waals surface area contributed by atoms with E-state index in [1.54, 1.807) is 18.2 Å². The van der Waals surface area contributed by atoms with Crippen LogP contribution in [0.25, 0.3) is 0 Å². The molecule has 3 rings (SSSR count). The zero-order valence-corrected chi connectivity index (χ0v) is 14.1. The number of nitrogens with zero attached hydrogens (tertiary/aromatic N) is 2. The maximum absolute atomic E-state index is 12.1. The highest BCUT2D eigenvalue weighted by molar-refractivity contribution is 6.03. The van der Waals surface area contributed by atoms with Crippen molar-refractivity contribution in [2.75, 3.05) is 17.2 Å². The minimum absolute atomic E-state index is 0.195. The number of nitrogens with one attached hydrogen (secondary N) is 2. The smallest absolute Gasteiger partial charge is 0.256 e. The molecule has 25 heavy (non-hydrogen) atoms. The Morgan fingerprint density at radius 1 is 0.880 bits per heavy atom. The van der Waals surface area contributed by atoms with Crippen LogP contribution in [0.1, 0.15) is 21.5 Å². The number of hydrogen-bond donors (Lipinski definition) is 2. The Labute approximate surface area is 147 Å². The second kappa shape index (κ2) is 8.06. The molecule has 0 saturated heterocycles. The average molecular weight is 332 g/mol. The van der Waals surface area contributed by atoms with E-state index in [-0.39, 0.29) is 5.91 Å². The standard InChI is InChI=1S/C20H20N4O/c1-15-7-9-17(10-8-15)20(25)22-19-12-11-18(23-24-19)21-14-13-16-5-3-2-4-6-16/h2-12H,13-14H2,1H3,(H,21,23)(H,22,24,25). The van der Waals surface area contributed by atoms with Crippen LogP contribution in [-0.4, -0.2) is 22.6 Å². The lowest BCUT2D eigenvalue weighted by molar-refractivity contribution is 0.102. The third kappa shape index (κ3) is 4.88. The Bertz CT molecular complexity index is 815. The van der Waals surface area contributed by atoms with Crippen LogP contribution in [0, 0.1) is 6.92 Å². The van der Waals surface area contributed by atoms with Crippen molar-refractivity contribution in [3.63, 3.8) is 0 Å². The second-order valence-corrected chi connectivity index (χ2v) is 5.79. The van der Waals surface area contributed by atoms with Crippen LogP contribution in [0.2, 0.25) is 0 Å². The summed E-state index contributed by atoms with van der Waals surface area (Å²) in [5, 5.41) is 14.1. The van der Waals surface area contributed by atoms with E-state index in [4.69, 9.17) is 0 Å². The Morgan fingerprint density at radius 3 is 2.24 bits per heavy atom. The molecule has 0 spiro atoms. The Hall–Kier alpha value is -3.21. The summed E-state index contributed by atoms with van der Waals surface area (Å²) < 4.78 is 0. The van der Waals surface area contributed by atoms with Gasteiger partial charge in [0.15, 0.2) is 5.82 Å². The Kier molecular flexibility index (Phi) is 5.36. The van der Waals surface area contributed by atoms with E-state index in [0.29, 0.717) is 17.2 Å². The van der Waals surface area contributed by atoms with E-state index in [1.807, 2.05) is 43.3 Å². The first kappa shape index (κ1) is 16.6. The molecule has 1 aromatic heterocycles. The zero-order valence-electron chi connectivity index (χ0n) is 14.1. The molecule has 1 amide bonds. The van der Waals surface area contributed by atoms with Crippen molar-refractivity contribution in [1.82, 2.24) is 10.2 Å². The molecule has 5 nitrogen and oxygen atoms in total.